The summed E-state index contributed by atoms with van der Waals surface area (Å²) in [7, 11) is 0. The van der Waals surface area contributed by atoms with Crippen LogP contribution in [0, 0.1) is 5.41 Å². The van der Waals surface area contributed by atoms with E-state index in [9.17, 15) is 37.1 Å². The third-order valence-electron chi connectivity index (χ3n) is 12.0. The van der Waals surface area contributed by atoms with E-state index < -0.39 is 34.5 Å². The molecule has 1 aromatic carbocycles. The van der Waals surface area contributed by atoms with Crippen LogP contribution in [0.4, 0.5) is 23.7 Å². The van der Waals surface area contributed by atoms with Gasteiger partial charge in [-0.05, 0) is 68.6 Å². The molecule has 0 radical (unpaired) electrons. The molecule has 3 fully saturated rings. The first-order valence-electron chi connectivity index (χ1n) is 22.6. The highest BCUT2D eigenvalue weighted by atomic mass is 32.2. The van der Waals surface area contributed by atoms with E-state index in [0.29, 0.717) is 95.8 Å². The molecule has 17 nitrogen and oxygen atoms in total. The molecule has 0 bridgehead atoms. The number of halogens is 3. The normalized spacial score (nSPS) is 22.4. The molecule has 1 unspecified atom stereocenters. The number of rotatable bonds is 25. The number of amides is 5. The molecule has 65 heavy (non-hydrogen) atoms. The first-order valence-corrected chi connectivity index (χ1v) is 23.6. The monoisotopic (exact) mass is 936 g/mol. The predicted molar refractivity (Wildman–Crippen MR) is 236 cm³/mol. The number of anilines is 1. The van der Waals surface area contributed by atoms with Gasteiger partial charge in [0.25, 0.3) is 5.91 Å². The van der Waals surface area contributed by atoms with E-state index in [0.717, 1.165) is 29.7 Å². The van der Waals surface area contributed by atoms with Crippen LogP contribution < -0.4 is 32.3 Å². The van der Waals surface area contributed by atoms with Gasteiger partial charge in [-0.1, -0.05) is 20.3 Å². The molecule has 2 aliphatic heterocycles. The van der Waals surface area contributed by atoms with Crippen molar-refractivity contribution in [1.29, 1.82) is 0 Å². The largest absolute Gasteiger partial charge is 0.435 e. The van der Waals surface area contributed by atoms with Crippen LogP contribution in [-0.4, -0.2) is 134 Å². The number of nitrogens with two attached hydrogens (primary N) is 1. The summed E-state index contributed by atoms with van der Waals surface area (Å²) in [5.74, 6) is -0.495. The number of nitrogens with one attached hydrogen (secondary N) is 5. The van der Waals surface area contributed by atoms with E-state index in [4.69, 9.17) is 24.7 Å². The van der Waals surface area contributed by atoms with Crippen LogP contribution in [0.3, 0.4) is 0 Å². The number of hydrogen-bond donors (Lipinski definition) is 6. The van der Waals surface area contributed by atoms with Gasteiger partial charge < -0.3 is 51.3 Å². The van der Waals surface area contributed by atoms with Gasteiger partial charge in [-0.25, -0.2) is 9.48 Å². The van der Waals surface area contributed by atoms with Crippen LogP contribution in [0.15, 0.2) is 18.2 Å². The lowest BCUT2D eigenvalue weighted by Gasteiger charge is -2.31. The lowest BCUT2D eigenvalue weighted by atomic mass is 9.75. The first kappa shape index (κ1) is 50.0. The van der Waals surface area contributed by atoms with Crippen molar-refractivity contribution in [2.45, 2.75) is 120 Å². The fourth-order valence-corrected chi connectivity index (χ4v) is 10.4. The van der Waals surface area contributed by atoms with Gasteiger partial charge in [0.15, 0.2) is 11.5 Å². The van der Waals surface area contributed by atoms with Crippen molar-refractivity contribution in [2.75, 3.05) is 70.5 Å². The predicted octanol–water partition coefficient (Wildman–Crippen LogP) is 4.28. The average Bonchev–Trinajstić information content (AvgIpc) is 3.93. The number of hydrogen-bond acceptors (Lipinski definition) is 12. The SMILES string of the molecule is CC1(C)CC(=O)c2c(C(F)(F)F)nn(-c3ccc(C(N)=O)c(N[C@H]4CC[C@H](NC(=O)CCOCCOCCOCCOCCNC(=O)CCCCC5SC[C@@H]6NC(=O)N[C@H]56)CC4)c3)c2C1. The summed E-state index contributed by atoms with van der Waals surface area (Å²) in [5.41, 5.74) is 4.47. The van der Waals surface area contributed by atoms with Gasteiger partial charge in [-0.3, -0.25) is 19.2 Å². The Hall–Kier alpha value is -4.44. The van der Waals surface area contributed by atoms with Crippen LogP contribution in [0.2, 0.25) is 0 Å². The summed E-state index contributed by atoms with van der Waals surface area (Å²) in [6.45, 7) is 6.98. The van der Waals surface area contributed by atoms with Crippen LogP contribution in [0.5, 0.6) is 0 Å². The number of alkyl halides is 3. The van der Waals surface area contributed by atoms with Crippen molar-refractivity contribution in [1.82, 2.24) is 31.0 Å². The zero-order chi connectivity index (χ0) is 46.6. The maximum absolute atomic E-state index is 14.0. The maximum Gasteiger partial charge on any atom is 0.435 e. The Kier molecular flexibility index (Phi) is 17.9. The van der Waals surface area contributed by atoms with E-state index in [1.807, 2.05) is 25.6 Å². The highest BCUT2D eigenvalue weighted by Gasteiger charge is 2.46. The molecule has 21 heteroatoms. The number of urea groups is 1. The van der Waals surface area contributed by atoms with Crippen LogP contribution in [-0.2, 0) is 41.1 Å². The zero-order valence-electron chi connectivity index (χ0n) is 37.2. The quantitative estimate of drug-likeness (QED) is 0.0606. The number of primary amides is 1. The van der Waals surface area contributed by atoms with Gasteiger partial charge in [-0.15, -0.1) is 0 Å². The number of unbranched alkanes of at least 4 members (excludes halogenated alkanes) is 1. The Bertz CT molecular complexity index is 1980. The van der Waals surface area contributed by atoms with Crippen molar-refractivity contribution < 1.29 is 56.1 Å². The van der Waals surface area contributed by atoms with Crippen LogP contribution >= 0.6 is 11.8 Å². The topological polar surface area (TPSA) is 226 Å². The second kappa shape index (κ2) is 23.3. The molecule has 0 spiro atoms. The molecule has 1 saturated carbocycles. The number of carbonyl (C=O) groups is 5. The van der Waals surface area contributed by atoms with Crippen molar-refractivity contribution >= 4 is 47.0 Å². The summed E-state index contributed by atoms with van der Waals surface area (Å²) in [4.78, 5) is 61.5. The Morgan fingerprint density at radius 1 is 0.877 bits per heavy atom. The molecule has 4 aliphatic rings. The molecule has 3 heterocycles. The summed E-state index contributed by atoms with van der Waals surface area (Å²) in [6, 6.07) is 4.66. The van der Waals surface area contributed by atoms with Crippen LogP contribution in [0.25, 0.3) is 5.69 Å². The number of ether oxygens (including phenoxy) is 4. The number of ketones is 1. The minimum Gasteiger partial charge on any atom is -0.382 e. The smallest absolute Gasteiger partial charge is 0.382 e. The Labute approximate surface area is 381 Å². The van der Waals surface area contributed by atoms with Gasteiger partial charge in [0, 0.05) is 54.6 Å². The number of Topliss-reactive ketones (excluding diaryl/α,β-unsaturated/α-hetero) is 1. The molecule has 5 amide bonds. The minimum atomic E-state index is -4.82. The molecule has 1 aromatic heterocycles. The van der Waals surface area contributed by atoms with Gasteiger partial charge in [0.2, 0.25) is 11.8 Å². The number of aromatic nitrogens is 2. The number of fused-ring (bicyclic) bond motifs is 2. The molecule has 2 aromatic rings. The molecule has 6 rings (SSSR count). The number of benzene rings is 1. The summed E-state index contributed by atoms with van der Waals surface area (Å²) in [6.07, 6.45) is 1.40. The van der Waals surface area contributed by atoms with Crippen molar-refractivity contribution in [2.24, 2.45) is 11.1 Å². The second-order valence-electron chi connectivity index (χ2n) is 17.8. The lowest BCUT2D eigenvalue weighted by Crippen LogP contribution is -2.40. The van der Waals surface area contributed by atoms with E-state index in [-0.39, 0.29) is 84.8 Å². The molecule has 3 atom stereocenters. The Morgan fingerprint density at radius 3 is 2.22 bits per heavy atom. The highest BCUT2D eigenvalue weighted by Crippen LogP contribution is 2.42. The van der Waals surface area contributed by atoms with E-state index >= 15 is 0 Å². The summed E-state index contributed by atoms with van der Waals surface area (Å²) in [5, 5.41) is 19.5. The van der Waals surface area contributed by atoms with Gasteiger partial charge in [0.1, 0.15) is 0 Å². The number of nitrogens with zero attached hydrogens (tertiary/aromatic N) is 2. The number of thioether (sulfide) groups is 1. The highest BCUT2D eigenvalue weighted by molar-refractivity contribution is 8.00. The van der Waals surface area contributed by atoms with Crippen molar-refractivity contribution in [3.05, 3.63) is 40.7 Å². The van der Waals surface area contributed by atoms with Gasteiger partial charge >= 0.3 is 12.2 Å². The summed E-state index contributed by atoms with van der Waals surface area (Å²) >= 11 is 1.88. The minimum absolute atomic E-state index is 0.00756. The third kappa shape index (κ3) is 14.5. The first-order chi connectivity index (χ1) is 31.1. The average molecular weight is 937 g/mol. The van der Waals surface area contributed by atoms with Gasteiger partial charge in [0.05, 0.1) is 87.4 Å². The van der Waals surface area contributed by atoms with E-state index in [2.05, 4.69) is 31.7 Å². The van der Waals surface area contributed by atoms with E-state index in [1.165, 1.54) is 12.1 Å². The zero-order valence-corrected chi connectivity index (χ0v) is 38.0. The molecule has 2 aliphatic carbocycles. The third-order valence-corrected chi connectivity index (χ3v) is 13.5. The second-order valence-corrected chi connectivity index (χ2v) is 19.1. The standard InChI is InChI=1S/C44H63F3N8O9S/c1-43(2)24-33-38(34(56)25-43)40(44(45,46)47)54-55(33)29-11-12-30(41(48)59)31(23-29)50-27-7-9-28(10-8-27)51-37(58)13-15-61-17-19-63-21-22-64-20-18-62-16-14-49-36(57)6-4-3-5-35-39-32(26-65-35)52-42(60)53-39/h11-12,23,27-28,32,35,39,50H,3-10,13-22,24-26H2,1-2H3,(H2,48,59)(H,49,57)(H,51,58)(H2,52,53,60)/t27-,28-,32-,35?,39-/m0/s1. The molecular weight excluding hydrogens is 874 g/mol. The Balaban J connectivity index is 0.771. The fourth-order valence-electron chi connectivity index (χ4n) is 8.81. The van der Waals surface area contributed by atoms with Crippen molar-refractivity contribution in [3.63, 3.8) is 0 Å². The fraction of sp³-hybridized carbons (Fsp3) is 0.682. The van der Waals surface area contributed by atoms with E-state index in [1.54, 1.807) is 6.07 Å². The molecule has 7 N–H and O–H groups in total. The lowest BCUT2D eigenvalue weighted by molar-refractivity contribution is -0.141. The number of carbonyl (C=O) groups excluding carboxylic acids is 5. The van der Waals surface area contributed by atoms with Crippen LogP contribution in [0.1, 0.15) is 110 Å². The molecular formula is C44H63F3N8O9S. The van der Waals surface area contributed by atoms with Crippen molar-refractivity contribution in [3.8, 4) is 5.69 Å². The maximum atomic E-state index is 14.0. The summed E-state index contributed by atoms with van der Waals surface area (Å²) < 4.78 is 65.4. The molecule has 2 saturated heterocycles. The van der Waals surface area contributed by atoms with Gasteiger partial charge in [-0.2, -0.15) is 30.0 Å². The molecule has 360 valence electrons. The Morgan fingerprint density at radius 2 is 1.54 bits per heavy atom.